The number of para-hydroxylation sites is 1. The van der Waals surface area contributed by atoms with Crippen molar-refractivity contribution in [3.8, 4) is 11.5 Å². The molecule has 0 spiro atoms. The quantitative estimate of drug-likeness (QED) is 0.596. The van der Waals surface area contributed by atoms with Gasteiger partial charge in [0.05, 0.1) is 17.5 Å². The number of fused-ring (bicyclic) bond motifs is 1. The second-order valence-electron chi connectivity index (χ2n) is 7.10. The van der Waals surface area contributed by atoms with Crippen LogP contribution in [0.1, 0.15) is 26.7 Å². The molecule has 2 aliphatic rings. The van der Waals surface area contributed by atoms with Gasteiger partial charge in [0.2, 0.25) is 11.8 Å². The lowest BCUT2D eigenvalue weighted by molar-refractivity contribution is -0.122. The predicted octanol–water partition coefficient (Wildman–Crippen LogP) is 4.71. The first-order valence-electron chi connectivity index (χ1n) is 8.90. The van der Waals surface area contributed by atoms with Crippen LogP contribution in [0.4, 0.5) is 5.69 Å². The number of rotatable bonds is 3. The molecule has 2 unspecified atom stereocenters. The first-order chi connectivity index (χ1) is 12.5. The highest BCUT2D eigenvalue weighted by atomic mass is 16.5. The van der Waals surface area contributed by atoms with Gasteiger partial charge in [-0.15, -0.1) is 0 Å². The zero-order valence-corrected chi connectivity index (χ0v) is 14.9. The van der Waals surface area contributed by atoms with E-state index in [1.54, 1.807) is 24.3 Å². The molecule has 2 aromatic rings. The Morgan fingerprint density at radius 2 is 1.27 bits per heavy atom. The van der Waals surface area contributed by atoms with Crippen LogP contribution >= 0.6 is 0 Å². The summed E-state index contributed by atoms with van der Waals surface area (Å²) in [5.41, 5.74) is 3.09. The molecule has 1 aliphatic heterocycles. The second-order valence-corrected chi connectivity index (χ2v) is 7.10. The van der Waals surface area contributed by atoms with Gasteiger partial charge >= 0.3 is 0 Å². The summed E-state index contributed by atoms with van der Waals surface area (Å²) in [6, 6.07) is 16.6. The van der Waals surface area contributed by atoms with Crippen molar-refractivity contribution in [2.24, 2.45) is 11.8 Å². The zero-order chi connectivity index (χ0) is 18.3. The highest BCUT2D eigenvalue weighted by molar-refractivity contribution is 6.22. The Morgan fingerprint density at radius 3 is 1.81 bits per heavy atom. The van der Waals surface area contributed by atoms with Crippen molar-refractivity contribution in [2.75, 3.05) is 4.90 Å². The van der Waals surface area contributed by atoms with Gasteiger partial charge in [-0.1, -0.05) is 29.3 Å². The van der Waals surface area contributed by atoms with Gasteiger partial charge in [0.1, 0.15) is 11.5 Å². The summed E-state index contributed by atoms with van der Waals surface area (Å²) in [6.45, 7) is 4.11. The molecule has 2 atom stereocenters. The molecule has 0 bridgehead atoms. The second kappa shape index (κ2) is 6.45. The van der Waals surface area contributed by atoms with E-state index in [-0.39, 0.29) is 23.7 Å². The van der Waals surface area contributed by atoms with E-state index >= 15 is 0 Å². The molecule has 4 rings (SSSR count). The molecule has 4 heteroatoms. The van der Waals surface area contributed by atoms with Crippen molar-refractivity contribution in [1.29, 1.82) is 0 Å². The Labute approximate surface area is 153 Å². The third-order valence-electron chi connectivity index (χ3n) is 5.42. The number of hydrogen-bond donors (Lipinski definition) is 0. The summed E-state index contributed by atoms with van der Waals surface area (Å²) in [5, 5.41) is 0. The van der Waals surface area contributed by atoms with Crippen LogP contribution in [0.25, 0.3) is 0 Å². The third-order valence-corrected chi connectivity index (χ3v) is 5.42. The van der Waals surface area contributed by atoms with E-state index in [1.165, 1.54) is 16.0 Å². The lowest BCUT2D eigenvalue weighted by Gasteiger charge is -2.23. The number of anilines is 1. The molecule has 0 radical (unpaired) electrons. The minimum Gasteiger partial charge on any atom is -0.457 e. The average Bonchev–Trinajstić information content (AvgIpc) is 2.88. The minimum absolute atomic E-state index is 0.0800. The van der Waals surface area contributed by atoms with Crippen molar-refractivity contribution in [2.45, 2.75) is 26.7 Å². The number of benzene rings is 2. The first-order valence-corrected chi connectivity index (χ1v) is 8.90. The molecule has 1 fully saturated rings. The molecule has 1 saturated heterocycles. The lowest BCUT2D eigenvalue weighted by Crippen LogP contribution is -2.30. The van der Waals surface area contributed by atoms with Gasteiger partial charge in [-0.05, 0) is 63.1 Å². The van der Waals surface area contributed by atoms with E-state index in [2.05, 4.69) is 13.8 Å². The van der Waals surface area contributed by atoms with Gasteiger partial charge in [0, 0.05) is 0 Å². The Morgan fingerprint density at radius 1 is 0.769 bits per heavy atom. The van der Waals surface area contributed by atoms with E-state index in [4.69, 9.17) is 4.74 Å². The Hall–Kier alpha value is -2.88. The van der Waals surface area contributed by atoms with Gasteiger partial charge in [-0.25, -0.2) is 0 Å². The summed E-state index contributed by atoms with van der Waals surface area (Å²) in [6.07, 6.45) is 1.37. The van der Waals surface area contributed by atoms with E-state index in [0.29, 0.717) is 24.3 Å². The van der Waals surface area contributed by atoms with Crippen molar-refractivity contribution < 1.29 is 14.3 Å². The third kappa shape index (κ3) is 2.81. The Kier molecular flexibility index (Phi) is 4.11. The van der Waals surface area contributed by atoms with Crippen LogP contribution in [0, 0.1) is 11.8 Å². The molecular formula is C22H21NO3. The fourth-order valence-electron chi connectivity index (χ4n) is 3.79. The van der Waals surface area contributed by atoms with Crippen molar-refractivity contribution >= 4 is 17.5 Å². The molecule has 2 amide bonds. The summed E-state index contributed by atoms with van der Waals surface area (Å²) >= 11 is 0. The van der Waals surface area contributed by atoms with Crippen LogP contribution in [-0.4, -0.2) is 11.8 Å². The molecule has 0 N–H and O–H groups in total. The van der Waals surface area contributed by atoms with Crippen LogP contribution in [0.2, 0.25) is 0 Å². The monoisotopic (exact) mass is 347 g/mol. The van der Waals surface area contributed by atoms with Gasteiger partial charge < -0.3 is 4.74 Å². The summed E-state index contributed by atoms with van der Waals surface area (Å²) < 4.78 is 5.78. The maximum absolute atomic E-state index is 12.8. The topological polar surface area (TPSA) is 46.6 Å². The number of carbonyl (C=O) groups is 2. The maximum atomic E-state index is 12.8. The van der Waals surface area contributed by atoms with Crippen molar-refractivity contribution in [3.63, 3.8) is 0 Å². The SMILES string of the molecule is CC1=C(C)CC2C(=O)N(c3ccc(Oc4ccccc4)cc3)C(=O)C2C1. The standard InChI is InChI=1S/C22H21NO3/c1-14-12-19-20(13-15(14)2)22(25)23(21(19)24)16-8-10-18(11-9-16)26-17-6-4-3-5-7-17/h3-11,19-20H,12-13H2,1-2H3. The summed E-state index contributed by atoms with van der Waals surface area (Å²) in [7, 11) is 0. The van der Waals surface area contributed by atoms with Crippen molar-refractivity contribution in [1.82, 2.24) is 0 Å². The van der Waals surface area contributed by atoms with E-state index in [1.807, 2.05) is 30.3 Å². The molecule has 0 saturated carbocycles. The number of carbonyl (C=O) groups excluding carboxylic acids is 2. The van der Waals surface area contributed by atoms with Gasteiger partial charge in [0.15, 0.2) is 0 Å². The van der Waals surface area contributed by atoms with Gasteiger partial charge in [0.25, 0.3) is 0 Å². The van der Waals surface area contributed by atoms with Crippen LogP contribution in [0.5, 0.6) is 11.5 Å². The number of hydrogen-bond acceptors (Lipinski definition) is 3. The van der Waals surface area contributed by atoms with Crippen molar-refractivity contribution in [3.05, 3.63) is 65.7 Å². The van der Waals surface area contributed by atoms with E-state index < -0.39 is 0 Å². The molecule has 1 aliphatic carbocycles. The fraction of sp³-hybridized carbons (Fsp3) is 0.273. The molecule has 4 nitrogen and oxygen atoms in total. The normalized spacial score (nSPS) is 22.6. The Balaban J connectivity index is 1.55. The van der Waals surface area contributed by atoms with E-state index in [9.17, 15) is 9.59 Å². The number of allylic oxidation sites excluding steroid dienone is 2. The number of amides is 2. The first kappa shape index (κ1) is 16.6. The number of imide groups is 1. The summed E-state index contributed by atoms with van der Waals surface area (Å²) in [5.74, 6) is 0.825. The zero-order valence-electron chi connectivity index (χ0n) is 14.9. The molecule has 2 aromatic carbocycles. The van der Waals surface area contributed by atoms with Crippen LogP contribution in [0.15, 0.2) is 65.7 Å². The fourth-order valence-corrected chi connectivity index (χ4v) is 3.79. The minimum atomic E-state index is -0.216. The average molecular weight is 347 g/mol. The number of nitrogens with zero attached hydrogens (tertiary/aromatic N) is 1. The van der Waals surface area contributed by atoms with E-state index in [0.717, 1.165) is 5.75 Å². The summed E-state index contributed by atoms with van der Waals surface area (Å²) in [4.78, 5) is 27.0. The predicted molar refractivity (Wildman–Crippen MR) is 100 cm³/mol. The lowest BCUT2D eigenvalue weighted by atomic mass is 9.78. The largest absolute Gasteiger partial charge is 0.457 e. The van der Waals surface area contributed by atoms with Crippen LogP contribution in [0.3, 0.4) is 0 Å². The molecule has 0 aromatic heterocycles. The number of ether oxygens (including phenoxy) is 1. The maximum Gasteiger partial charge on any atom is 0.238 e. The van der Waals surface area contributed by atoms with Gasteiger partial charge in [-0.3, -0.25) is 14.5 Å². The molecule has 1 heterocycles. The van der Waals surface area contributed by atoms with Gasteiger partial charge in [-0.2, -0.15) is 0 Å². The highest BCUT2D eigenvalue weighted by Crippen LogP contribution is 2.42. The smallest absolute Gasteiger partial charge is 0.238 e. The molecular weight excluding hydrogens is 326 g/mol. The Bertz CT molecular complexity index is 851. The van der Waals surface area contributed by atoms with Crippen LogP contribution in [-0.2, 0) is 9.59 Å². The van der Waals surface area contributed by atoms with Crippen LogP contribution < -0.4 is 9.64 Å². The molecule has 132 valence electrons. The molecule has 26 heavy (non-hydrogen) atoms. The highest BCUT2D eigenvalue weighted by Gasteiger charge is 2.49.